The Morgan fingerprint density at radius 2 is 2.21 bits per heavy atom. The summed E-state index contributed by atoms with van der Waals surface area (Å²) in [6.45, 7) is 1.80. The molecule has 0 fully saturated rings. The van der Waals surface area contributed by atoms with Crippen molar-refractivity contribution in [2.45, 2.75) is 13.5 Å². The fraction of sp³-hybridized carbons (Fsp3) is 0.333. The predicted octanol–water partition coefficient (Wildman–Crippen LogP) is 1.37. The molecule has 0 aliphatic heterocycles. The Balaban J connectivity index is 3.34. The van der Waals surface area contributed by atoms with E-state index in [1.54, 1.807) is 19.1 Å². The van der Waals surface area contributed by atoms with E-state index < -0.39 is 4.92 Å². The zero-order chi connectivity index (χ0) is 10.7. The zero-order valence-electron chi connectivity index (χ0n) is 8.11. The summed E-state index contributed by atoms with van der Waals surface area (Å²) < 4.78 is 4.99. The predicted molar refractivity (Wildman–Crippen MR) is 52.3 cm³/mol. The normalized spacial score (nSPS) is 9.93. The summed E-state index contributed by atoms with van der Waals surface area (Å²) in [6.07, 6.45) is 0. The van der Waals surface area contributed by atoms with E-state index in [4.69, 9.17) is 10.5 Å². The molecular weight excluding hydrogens is 184 g/mol. The van der Waals surface area contributed by atoms with Gasteiger partial charge in [0, 0.05) is 17.7 Å². The number of methoxy groups -OCH3 is 1. The first kappa shape index (κ1) is 10.5. The lowest BCUT2D eigenvalue weighted by Gasteiger charge is -2.06. The van der Waals surface area contributed by atoms with Gasteiger partial charge < -0.3 is 10.5 Å². The van der Waals surface area contributed by atoms with E-state index in [9.17, 15) is 10.1 Å². The Bertz CT molecular complexity index is 363. The molecule has 0 aliphatic rings. The lowest BCUT2D eigenvalue weighted by atomic mass is 10.1. The molecule has 0 aromatic heterocycles. The van der Waals surface area contributed by atoms with Crippen LogP contribution in [0.4, 0.5) is 5.69 Å². The molecule has 0 spiro atoms. The van der Waals surface area contributed by atoms with Gasteiger partial charge in [-0.1, -0.05) is 0 Å². The second kappa shape index (κ2) is 4.06. The highest BCUT2D eigenvalue weighted by Crippen LogP contribution is 2.28. The third-order valence-corrected chi connectivity index (χ3v) is 1.99. The zero-order valence-corrected chi connectivity index (χ0v) is 8.11. The molecule has 5 nitrogen and oxygen atoms in total. The van der Waals surface area contributed by atoms with E-state index in [-0.39, 0.29) is 12.2 Å². The molecule has 5 heteroatoms. The first-order valence-electron chi connectivity index (χ1n) is 4.12. The van der Waals surface area contributed by atoms with Crippen LogP contribution in [0.25, 0.3) is 0 Å². The van der Waals surface area contributed by atoms with Crippen molar-refractivity contribution < 1.29 is 9.66 Å². The average Bonchev–Trinajstić information content (AvgIpc) is 2.15. The molecule has 1 rings (SSSR count). The monoisotopic (exact) mass is 196 g/mol. The fourth-order valence-electron chi connectivity index (χ4n) is 1.35. The van der Waals surface area contributed by atoms with E-state index in [0.29, 0.717) is 16.9 Å². The summed E-state index contributed by atoms with van der Waals surface area (Å²) in [4.78, 5) is 10.3. The highest BCUT2D eigenvalue weighted by Gasteiger charge is 2.17. The van der Waals surface area contributed by atoms with Gasteiger partial charge in [-0.15, -0.1) is 0 Å². The van der Waals surface area contributed by atoms with Crippen LogP contribution in [-0.2, 0) is 6.54 Å². The smallest absolute Gasteiger partial charge is 0.277 e. The highest BCUT2D eigenvalue weighted by molar-refractivity contribution is 5.51. The van der Waals surface area contributed by atoms with Crippen molar-refractivity contribution in [3.8, 4) is 5.75 Å². The van der Waals surface area contributed by atoms with Gasteiger partial charge in [0.1, 0.15) is 5.75 Å². The van der Waals surface area contributed by atoms with Gasteiger partial charge in [-0.05, 0) is 19.1 Å². The maximum absolute atomic E-state index is 10.7. The Kier molecular flexibility index (Phi) is 3.03. The van der Waals surface area contributed by atoms with Crippen LogP contribution >= 0.6 is 0 Å². The van der Waals surface area contributed by atoms with Crippen molar-refractivity contribution in [2.75, 3.05) is 7.11 Å². The van der Waals surface area contributed by atoms with Gasteiger partial charge >= 0.3 is 0 Å². The SMILES string of the molecule is COc1cc(C)c([N+](=O)[O-])c(CN)c1. The van der Waals surface area contributed by atoms with Crippen LogP contribution in [0.1, 0.15) is 11.1 Å². The third-order valence-electron chi connectivity index (χ3n) is 1.99. The minimum Gasteiger partial charge on any atom is -0.497 e. The number of ether oxygens (including phenoxy) is 1. The van der Waals surface area contributed by atoms with Crippen LogP contribution in [-0.4, -0.2) is 12.0 Å². The molecule has 0 heterocycles. The lowest BCUT2D eigenvalue weighted by Crippen LogP contribution is -2.04. The molecule has 0 aliphatic carbocycles. The number of nitrogens with two attached hydrogens (primary N) is 1. The van der Waals surface area contributed by atoms with Crippen molar-refractivity contribution in [1.29, 1.82) is 0 Å². The molecule has 0 saturated heterocycles. The summed E-state index contributed by atoms with van der Waals surface area (Å²) in [6, 6.07) is 3.21. The Morgan fingerprint density at radius 1 is 1.57 bits per heavy atom. The number of benzene rings is 1. The average molecular weight is 196 g/mol. The van der Waals surface area contributed by atoms with Gasteiger partial charge in [0.25, 0.3) is 5.69 Å². The van der Waals surface area contributed by atoms with E-state index in [1.165, 1.54) is 7.11 Å². The molecule has 1 aromatic rings. The molecule has 0 amide bonds. The second-order valence-corrected chi connectivity index (χ2v) is 2.91. The van der Waals surface area contributed by atoms with Crippen molar-refractivity contribution in [2.24, 2.45) is 5.73 Å². The van der Waals surface area contributed by atoms with Crippen molar-refractivity contribution in [1.82, 2.24) is 0 Å². The second-order valence-electron chi connectivity index (χ2n) is 2.91. The molecule has 0 unspecified atom stereocenters. The number of hydrogen-bond acceptors (Lipinski definition) is 4. The Morgan fingerprint density at radius 3 is 2.64 bits per heavy atom. The van der Waals surface area contributed by atoms with Gasteiger partial charge in [-0.2, -0.15) is 0 Å². The van der Waals surface area contributed by atoms with E-state index in [0.717, 1.165) is 0 Å². The third kappa shape index (κ3) is 1.82. The van der Waals surface area contributed by atoms with Gasteiger partial charge in [0.2, 0.25) is 0 Å². The largest absolute Gasteiger partial charge is 0.497 e. The quantitative estimate of drug-likeness (QED) is 0.585. The summed E-state index contributed by atoms with van der Waals surface area (Å²) in [5.74, 6) is 0.591. The number of nitro groups is 1. The molecule has 0 atom stereocenters. The molecule has 0 saturated carbocycles. The van der Waals surface area contributed by atoms with Crippen LogP contribution in [0.5, 0.6) is 5.75 Å². The van der Waals surface area contributed by atoms with Gasteiger partial charge in [-0.25, -0.2) is 0 Å². The van der Waals surface area contributed by atoms with Gasteiger partial charge in [-0.3, -0.25) is 10.1 Å². The fourth-order valence-corrected chi connectivity index (χ4v) is 1.35. The topological polar surface area (TPSA) is 78.4 Å². The maximum atomic E-state index is 10.7. The van der Waals surface area contributed by atoms with Gasteiger partial charge in [0.15, 0.2) is 0 Å². The van der Waals surface area contributed by atoms with Crippen LogP contribution < -0.4 is 10.5 Å². The number of nitrogens with zero attached hydrogens (tertiary/aromatic N) is 1. The first-order valence-corrected chi connectivity index (χ1v) is 4.12. The van der Waals surface area contributed by atoms with Crippen LogP contribution in [0.2, 0.25) is 0 Å². The van der Waals surface area contributed by atoms with E-state index >= 15 is 0 Å². The summed E-state index contributed by atoms with van der Waals surface area (Å²) >= 11 is 0. The van der Waals surface area contributed by atoms with E-state index in [2.05, 4.69) is 0 Å². The molecule has 14 heavy (non-hydrogen) atoms. The van der Waals surface area contributed by atoms with Crippen molar-refractivity contribution in [3.05, 3.63) is 33.4 Å². The first-order chi connectivity index (χ1) is 6.60. The van der Waals surface area contributed by atoms with E-state index in [1.807, 2.05) is 0 Å². The molecule has 76 valence electrons. The molecule has 0 radical (unpaired) electrons. The number of hydrogen-bond donors (Lipinski definition) is 1. The summed E-state index contributed by atoms with van der Waals surface area (Å²) in [5.41, 5.74) is 6.56. The lowest BCUT2D eigenvalue weighted by molar-refractivity contribution is -0.386. The number of nitro benzene ring substituents is 1. The maximum Gasteiger partial charge on any atom is 0.277 e. The Labute approximate surface area is 81.6 Å². The summed E-state index contributed by atoms with van der Waals surface area (Å²) in [7, 11) is 1.51. The number of rotatable bonds is 3. The van der Waals surface area contributed by atoms with Crippen molar-refractivity contribution >= 4 is 5.69 Å². The van der Waals surface area contributed by atoms with Crippen LogP contribution in [0, 0.1) is 17.0 Å². The van der Waals surface area contributed by atoms with Crippen LogP contribution in [0.15, 0.2) is 12.1 Å². The molecule has 0 bridgehead atoms. The minimum atomic E-state index is -0.420. The molecule has 2 N–H and O–H groups in total. The molecular formula is C9H12N2O3. The van der Waals surface area contributed by atoms with Gasteiger partial charge in [0.05, 0.1) is 12.0 Å². The van der Waals surface area contributed by atoms with Crippen molar-refractivity contribution in [3.63, 3.8) is 0 Å². The highest BCUT2D eigenvalue weighted by atomic mass is 16.6. The molecule has 1 aromatic carbocycles. The standard InChI is InChI=1S/C9H12N2O3/c1-6-3-8(14-2)4-7(5-10)9(6)11(12)13/h3-4H,5,10H2,1-2H3. The number of aryl methyl sites for hydroxylation is 1. The minimum absolute atomic E-state index is 0.0771. The van der Waals surface area contributed by atoms with Crippen LogP contribution in [0.3, 0.4) is 0 Å². The Hall–Kier alpha value is -1.62. The summed E-state index contributed by atoms with van der Waals surface area (Å²) in [5, 5.41) is 10.7.